The van der Waals surface area contributed by atoms with Gasteiger partial charge in [0.2, 0.25) is 0 Å². The van der Waals surface area contributed by atoms with Crippen molar-refractivity contribution in [1.29, 1.82) is 0 Å². The van der Waals surface area contributed by atoms with E-state index < -0.39 is 0 Å². The maximum absolute atomic E-state index is 9.30. The fraction of sp³-hybridized carbons (Fsp3) is 0.615. The first-order valence-corrected chi connectivity index (χ1v) is 7.14. The topological polar surface area (TPSA) is 75.3 Å². The lowest BCUT2D eigenvalue weighted by molar-refractivity contribution is 0.289. The number of hydrogen-bond acceptors (Lipinski definition) is 5. The van der Waals surface area contributed by atoms with E-state index in [2.05, 4.69) is 15.1 Å². The summed E-state index contributed by atoms with van der Waals surface area (Å²) in [7, 11) is 0. The summed E-state index contributed by atoms with van der Waals surface area (Å²) in [6.45, 7) is 0.628. The van der Waals surface area contributed by atoms with Crippen LogP contribution in [0.2, 0.25) is 0 Å². The van der Waals surface area contributed by atoms with Crippen LogP contribution in [0.4, 0.5) is 5.82 Å². The van der Waals surface area contributed by atoms with Gasteiger partial charge in [-0.25, -0.2) is 0 Å². The second-order valence-corrected chi connectivity index (χ2v) is 5.28. The van der Waals surface area contributed by atoms with Crippen molar-refractivity contribution in [2.24, 2.45) is 5.73 Å². The molecule has 0 amide bonds. The Labute approximate surface area is 118 Å². The van der Waals surface area contributed by atoms with Crippen molar-refractivity contribution in [3.8, 4) is 0 Å². The van der Waals surface area contributed by atoms with Crippen molar-refractivity contribution in [3.63, 3.8) is 0 Å². The minimum atomic E-state index is 0.0872. The Morgan fingerprint density at radius 3 is 2.79 bits per heavy atom. The predicted octanol–water partition coefficient (Wildman–Crippen LogP) is 1.24. The second-order valence-electron chi connectivity index (χ2n) is 4.84. The van der Waals surface area contributed by atoms with Crippen molar-refractivity contribution < 1.29 is 5.11 Å². The Morgan fingerprint density at radius 1 is 1.42 bits per heavy atom. The van der Waals surface area contributed by atoms with E-state index in [-0.39, 0.29) is 6.61 Å². The maximum Gasteiger partial charge on any atom is 0.161 e. The van der Waals surface area contributed by atoms with E-state index >= 15 is 0 Å². The summed E-state index contributed by atoms with van der Waals surface area (Å²) in [5, 5.41) is 17.4. The first kappa shape index (κ1) is 14.1. The molecule has 3 N–H and O–H groups in total. The van der Waals surface area contributed by atoms with Gasteiger partial charge in [-0.15, -0.1) is 5.10 Å². The fourth-order valence-electron chi connectivity index (χ4n) is 2.69. The molecule has 5 nitrogen and oxygen atoms in total. The normalized spacial score (nSPS) is 16.3. The molecular formula is C13H20N4OS. The van der Waals surface area contributed by atoms with Crippen LogP contribution in [0.15, 0.2) is 12.3 Å². The summed E-state index contributed by atoms with van der Waals surface area (Å²) in [6, 6.07) is 2.18. The van der Waals surface area contributed by atoms with Crippen LogP contribution in [0.5, 0.6) is 0 Å². The Bertz CT molecular complexity index is 434. The molecule has 1 aromatic rings. The zero-order chi connectivity index (χ0) is 13.7. The van der Waals surface area contributed by atoms with E-state index in [1.165, 1.54) is 19.3 Å². The molecule has 0 atom stereocenters. The molecule has 1 fully saturated rings. The lowest BCUT2D eigenvalue weighted by atomic mass is 9.94. The van der Waals surface area contributed by atoms with Gasteiger partial charge in [-0.1, -0.05) is 31.5 Å². The number of nitrogens with two attached hydrogens (primary N) is 1. The molecule has 1 aliphatic rings. The van der Waals surface area contributed by atoms with Crippen LogP contribution in [-0.4, -0.2) is 39.5 Å². The quantitative estimate of drug-likeness (QED) is 0.791. The van der Waals surface area contributed by atoms with E-state index in [9.17, 15) is 5.11 Å². The fourth-order valence-corrected chi connectivity index (χ4v) is 2.85. The number of nitrogens with zero attached hydrogens (tertiary/aromatic N) is 3. The van der Waals surface area contributed by atoms with Crippen molar-refractivity contribution in [1.82, 2.24) is 10.2 Å². The van der Waals surface area contributed by atoms with E-state index in [1.54, 1.807) is 12.3 Å². The van der Waals surface area contributed by atoms with Gasteiger partial charge in [-0.2, -0.15) is 5.10 Å². The molecule has 1 aliphatic carbocycles. The zero-order valence-electron chi connectivity index (χ0n) is 11.0. The molecule has 1 heterocycles. The van der Waals surface area contributed by atoms with Crippen molar-refractivity contribution in [2.45, 2.75) is 38.1 Å². The average Bonchev–Trinajstić information content (AvgIpc) is 2.45. The van der Waals surface area contributed by atoms with Gasteiger partial charge < -0.3 is 15.7 Å². The summed E-state index contributed by atoms with van der Waals surface area (Å²) in [5.41, 5.74) is 6.49. The van der Waals surface area contributed by atoms with Crippen LogP contribution in [0.3, 0.4) is 0 Å². The molecule has 0 aromatic carbocycles. The molecular weight excluding hydrogens is 260 g/mol. The third-order valence-corrected chi connectivity index (χ3v) is 3.82. The maximum atomic E-state index is 9.30. The van der Waals surface area contributed by atoms with E-state index in [1.807, 2.05) is 0 Å². The molecule has 2 rings (SSSR count). The molecule has 1 saturated carbocycles. The van der Waals surface area contributed by atoms with Gasteiger partial charge in [-0.3, -0.25) is 0 Å². The predicted molar refractivity (Wildman–Crippen MR) is 79.2 cm³/mol. The molecule has 0 unspecified atom stereocenters. The standard InChI is InChI=1S/C13H20N4OS/c14-12(19)11-6-7-15-16-13(11)17(8-9-18)10-4-2-1-3-5-10/h6-7,10,18H,1-5,8-9H2,(H2,14,19). The Balaban J connectivity index is 2.29. The minimum absolute atomic E-state index is 0.0872. The first-order valence-electron chi connectivity index (χ1n) is 6.73. The minimum Gasteiger partial charge on any atom is -0.395 e. The summed E-state index contributed by atoms with van der Waals surface area (Å²) in [4.78, 5) is 2.43. The highest BCUT2D eigenvalue weighted by Crippen LogP contribution is 2.27. The van der Waals surface area contributed by atoms with Gasteiger partial charge in [0.05, 0.1) is 18.4 Å². The molecule has 0 bridgehead atoms. The van der Waals surface area contributed by atoms with Gasteiger partial charge in [0.1, 0.15) is 4.99 Å². The van der Waals surface area contributed by atoms with Crippen LogP contribution < -0.4 is 10.6 Å². The number of aliphatic hydroxyl groups excluding tert-OH is 1. The molecule has 6 heteroatoms. The molecule has 104 valence electrons. The molecule has 0 aliphatic heterocycles. The highest BCUT2D eigenvalue weighted by Gasteiger charge is 2.24. The van der Waals surface area contributed by atoms with Crippen molar-refractivity contribution >= 4 is 23.0 Å². The number of aromatic nitrogens is 2. The van der Waals surface area contributed by atoms with Gasteiger partial charge in [0.25, 0.3) is 0 Å². The Morgan fingerprint density at radius 2 is 2.16 bits per heavy atom. The number of thiocarbonyl (C=S) groups is 1. The molecule has 0 spiro atoms. The summed E-state index contributed by atoms with van der Waals surface area (Å²) in [5.74, 6) is 0.705. The first-order chi connectivity index (χ1) is 9.24. The van der Waals surface area contributed by atoms with E-state index in [0.717, 1.165) is 18.4 Å². The summed E-state index contributed by atoms with van der Waals surface area (Å²) < 4.78 is 0. The SMILES string of the molecule is NC(=S)c1ccnnc1N(CCO)C1CCCCC1. The van der Waals surface area contributed by atoms with Crippen LogP contribution >= 0.6 is 12.2 Å². The van der Waals surface area contributed by atoms with E-state index in [0.29, 0.717) is 23.4 Å². The zero-order valence-corrected chi connectivity index (χ0v) is 11.8. The number of rotatable bonds is 5. The third-order valence-electron chi connectivity index (χ3n) is 3.60. The number of anilines is 1. The largest absolute Gasteiger partial charge is 0.395 e. The number of hydrogen-bond donors (Lipinski definition) is 2. The molecule has 19 heavy (non-hydrogen) atoms. The molecule has 0 radical (unpaired) electrons. The van der Waals surface area contributed by atoms with Gasteiger partial charge in [0.15, 0.2) is 5.82 Å². The summed E-state index contributed by atoms with van der Waals surface area (Å²) >= 11 is 5.08. The molecule has 1 aromatic heterocycles. The summed E-state index contributed by atoms with van der Waals surface area (Å²) in [6.07, 6.45) is 7.55. The van der Waals surface area contributed by atoms with Gasteiger partial charge in [0, 0.05) is 12.6 Å². The van der Waals surface area contributed by atoms with E-state index in [4.69, 9.17) is 18.0 Å². The highest BCUT2D eigenvalue weighted by molar-refractivity contribution is 7.80. The Kier molecular flexibility index (Phi) is 5.04. The van der Waals surface area contributed by atoms with Gasteiger partial charge in [-0.05, 0) is 18.9 Å². The van der Waals surface area contributed by atoms with Crippen LogP contribution in [0.1, 0.15) is 37.7 Å². The lowest BCUT2D eigenvalue weighted by Crippen LogP contribution is -2.40. The van der Waals surface area contributed by atoms with Gasteiger partial charge >= 0.3 is 0 Å². The second kappa shape index (κ2) is 6.77. The lowest BCUT2D eigenvalue weighted by Gasteiger charge is -2.35. The smallest absolute Gasteiger partial charge is 0.161 e. The Hall–Kier alpha value is -1.27. The highest BCUT2D eigenvalue weighted by atomic mass is 32.1. The van der Waals surface area contributed by atoms with Crippen LogP contribution in [-0.2, 0) is 0 Å². The van der Waals surface area contributed by atoms with Crippen molar-refractivity contribution in [2.75, 3.05) is 18.1 Å². The van der Waals surface area contributed by atoms with Crippen molar-refractivity contribution in [3.05, 3.63) is 17.8 Å². The van der Waals surface area contributed by atoms with Crippen LogP contribution in [0.25, 0.3) is 0 Å². The molecule has 0 saturated heterocycles. The monoisotopic (exact) mass is 280 g/mol. The third kappa shape index (κ3) is 3.39. The number of aliphatic hydroxyl groups is 1. The van der Waals surface area contributed by atoms with Crippen LogP contribution in [0, 0.1) is 0 Å². The average molecular weight is 280 g/mol.